The molecule has 114 valence electrons. The van der Waals surface area contributed by atoms with E-state index >= 15 is 0 Å². The van der Waals surface area contributed by atoms with E-state index in [9.17, 15) is 9.90 Å². The molecule has 1 aromatic carbocycles. The van der Waals surface area contributed by atoms with E-state index in [0.717, 1.165) is 12.8 Å². The van der Waals surface area contributed by atoms with Crippen LogP contribution in [0, 0.1) is 0 Å². The van der Waals surface area contributed by atoms with Crippen molar-refractivity contribution >= 4 is 17.5 Å². The molecule has 2 aromatic rings. The van der Waals surface area contributed by atoms with Gasteiger partial charge in [-0.2, -0.15) is 0 Å². The number of likely N-dealkylation sites (tertiary alicyclic amines) is 1. The van der Waals surface area contributed by atoms with Gasteiger partial charge in [0.1, 0.15) is 5.75 Å². The molecule has 0 spiro atoms. The van der Waals surface area contributed by atoms with E-state index in [1.54, 1.807) is 23.4 Å². The molecule has 3 rings (SSSR count). The quantitative estimate of drug-likeness (QED) is 0.923. The van der Waals surface area contributed by atoms with Gasteiger partial charge in [0.2, 0.25) is 0 Å². The van der Waals surface area contributed by atoms with Crippen molar-refractivity contribution in [3.63, 3.8) is 0 Å². The molecule has 5 heteroatoms. The summed E-state index contributed by atoms with van der Waals surface area (Å²) in [5, 5.41) is 10.4. The standard InChI is InChI=1S/C17H17ClN2O2/c18-14-3-4-16(21)15(10-14)17(22)20-9-1-2-13(11-20)12-5-7-19-8-6-12/h3-8,10,13,21H,1-2,9,11H2/t13-/m1/s1. The zero-order valence-corrected chi connectivity index (χ0v) is 12.8. The Kier molecular flexibility index (Phi) is 4.29. The summed E-state index contributed by atoms with van der Waals surface area (Å²) in [6.07, 6.45) is 5.55. The molecule has 22 heavy (non-hydrogen) atoms. The average Bonchev–Trinajstić information content (AvgIpc) is 2.57. The minimum absolute atomic E-state index is 0.0274. The lowest BCUT2D eigenvalue weighted by atomic mass is 9.91. The summed E-state index contributed by atoms with van der Waals surface area (Å²) < 4.78 is 0. The molecule has 1 atom stereocenters. The number of benzene rings is 1. The Morgan fingerprint density at radius 1 is 1.27 bits per heavy atom. The Bertz CT molecular complexity index is 676. The summed E-state index contributed by atoms with van der Waals surface area (Å²) in [6.45, 7) is 1.35. The second-order valence-corrected chi connectivity index (χ2v) is 5.97. The first-order chi connectivity index (χ1) is 10.6. The van der Waals surface area contributed by atoms with Gasteiger partial charge < -0.3 is 10.0 Å². The van der Waals surface area contributed by atoms with E-state index in [4.69, 9.17) is 11.6 Å². The molecular weight excluding hydrogens is 300 g/mol. The number of halogens is 1. The van der Waals surface area contributed by atoms with Crippen molar-refractivity contribution in [2.45, 2.75) is 18.8 Å². The lowest BCUT2D eigenvalue weighted by Gasteiger charge is -2.33. The highest BCUT2D eigenvalue weighted by Crippen LogP contribution is 2.29. The highest BCUT2D eigenvalue weighted by molar-refractivity contribution is 6.31. The van der Waals surface area contributed by atoms with Crippen LogP contribution in [0.4, 0.5) is 0 Å². The number of phenolic OH excluding ortho intramolecular Hbond substituents is 1. The first-order valence-corrected chi connectivity index (χ1v) is 7.70. The first-order valence-electron chi connectivity index (χ1n) is 7.33. The topological polar surface area (TPSA) is 53.4 Å². The molecule has 0 radical (unpaired) electrons. The van der Waals surface area contributed by atoms with Gasteiger partial charge in [0.05, 0.1) is 5.56 Å². The highest BCUT2D eigenvalue weighted by Gasteiger charge is 2.26. The summed E-state index contributed by atoms with van der Waals surface area (Å²) in [5.41, 5.74) is 1.46. The third-order valence-electron chi connectivity index (χ3n) is 4.08. The van der Waals surface area contributed by atoms with Gasteiger partial charge in [-0.1, -0.05) is 11.6 Å². The van der Waals surface area contributed by atoms with Crippen molar-refractivity contribution in [1.29, 1.82) is 0 Å². The van der Waals surface area contributed by atoms with E-state index < -0.39 is 0 Å². The van der Waals surface area contributed by atoms with E-state index in [2.05, 4.69) is 4.98 Å². The van der Waals surface area contributed by atoms with Crippen LogP contribution >= 0.6 is 11.6 Å². The lowest BCUT2D eigenvalue weighted by Crippen LogP contribution is -2.39. The fourth-order valence-electron chi connectivity index (χ4n) is 2.92. The number of pyridine rings is 1. The first kappa shape index (κ1) is 14.9. The van der Waals surface area contributed by atoms with Crippen molar-refractivity contribution in [2.24, 2.45) is 0 Å². The van der Waals surface area contributed by atoms with Crippen LogP contribution in [0.3, 0.4) is 0 Å². The van der Waals surface area contributed by atoms with Gasteiger partial charge in [0, 0.05) is 36.4 Å². The summed E-state index contributed by atoms with van der Waals surface area (Å²) in [6, 6.07) is 8.55. The maximum Gasteiger partial charge on any atom is 0.257 e. The number of amides is 1. The predicted octanol–water partition coefficient (Wildman–Crippen LogP) is 3.46. The molecule has 1 saturated heterocycles. The summed E-state index contributed by atoms with van der Waals surface area (Å²) in [7, 11) is 0. The maximum absolute atomic E-state index is 12.6. The Balaban J connectivity index is 1.80. The zero-order valence-electron chi connectivity index (χ0n) is 12.1. The van der Waals surface area contributed by atoms with Gasteiger partial charge in [-0.15, -0.1) is 0 Å². The van der Waals surface area contributed by atoms with Gasteiger partial charge in [0.15, 0.2) is 0 Å². The molecule has 2 heterocycles. The molecule has 1 amide bonds. The predicted molar refractivity (Wildman–Crippen MR) is 85.2 cm³/mol. The Morgan fingerprint density at radius 2 is 2.05 bits per heavy atom. The molecule has 0 bridgehead atoms. The largest absolute Gasteiger partial charge is 0.507 e. The third-order valence-corrected chi connectivity index (χ3v) is 4.31. The van der Waals surface area contributed by atoms with Crippen LogP contribution in [0.25, 0.3) is 0 Å². The average molecular weight is 317 g/mol. The number of hydrogen-bond acceptors (Lipinski definition) is 3. The minimum Gasteiger partial charge on any atom is -0.507 e. The molecule has 1 N–H and O–H groups in total. The number of carbonyl (C=O) groups is 1. The fraction of sp³-hybridized carbons (Fsp3) is 0.294. The number of phenols is 1. The Morgan fingerprint density at radius 3 is 2.82 bits per heavy atom. The number of piperidine rings is 1. The Hall–Kier alpha value is -2.07. The molecule has 1 aliphatic rings. The number of aromatic hydroxyl groups is 1. The number of rotatable bonds is 2. The van der Waals surface area contributed by atoms with Crippen LogP contribution in [0.2, 0.25) is 5.02 Å². The van der Waals surface area contributed by atoms with Crippen LogP contribution in [-0.4, -0.2) is 34.0 Å². The van der Waals surface area contributed by atoms with Crippen molar-refractivity contribution in [1.82, 2.24) is 9.88 Å². The zero-order chi connectivity index (χ0) is 15.5. The lowest BCUT2D eigenvalue weighted by molar-refractivity contribution is 0.0704. The van der Waals surface area contributed by atoms with Crippen molar-refractivity contribution in [2.75, 3.05) is 13.1 Å². The van der Waals surface area contributed by atoms with Crippen molar-refractivity contribution in [3.8, 4) is 5.75 Å². The highest BCUT2D eigenvalue weighted by atomic mass is 35.5. The van der Waals surface area contributed by atoms with Crippen molar-refractivity contribution < 1.29 is 9.90 Å². The molecule has 0 saturated carbocycles. The van der Waals surface area contributed by atoms with Gasteiger partial charge in [-0.3, -0.25) is 9.78 Å². The molecule has 1 aromatic heterocycles. The molecule has 1 aliphatic heterocycles. The normalized spacial score (nSPS) is 18.2. The fourth-order valence-corrected chi connectivity index (χ4v) is 3.09. The monoisotopic (exact) mass is 316 g/mol. The number of nitrogens with zero attached hydrogens (tertiary/aromatic N) is 2. The van der Waals surface area contributed by atoms with Gasteiger partial charge in [-0.25, -0.2) is 0 Å². The number of aromatic nitrogens is 1. The van der Waals surface area contributed by atoms with Gasteiger partial charge in [-0.05, 0) is 48.7 Å². The van der Waals surface area contributed by atoms with E-state index in [0.29, 0.717) is 24.0 Å². The third kappa shape index (κ3) is 3.07. The smallest absolute Gasteiger partial charge is 0.257 e. The molecule has 1 fully saturated rings. The van der Waals surface area contributed by atoms with Gasteiger partial charge >= 0.3 is 0 Å². The van der Waals surface area contributed by atoms with E-state index in [1.165, 1.54) is 17.7 Å². The number of carbonyl (C=O) groups excluding carboxylic acids is 1. The maximum atomic E-state index is 12.6. The molecule has 0 aliphatic carbocycles. The summed E-state index contributed by atoms with van der Waals surface area (Å²) >= 11 is 5.94. The summed E-state index contributed by atoms with van der Waals surface area (Å²) in [5.74, 6) is 0.112. The van der Waals surface area contributed by atoms with E-state index in [1.807, 2.05) is 12.1 Å². The molecule has 0 unspecified atom stereocenters. The molecule has 4 nitrogen and oxygen atoms in total. The van der Waals surface area contributed by atoms with Crippen LogP contribution in [0.5, 0.6) is 5.75 Å². The van der Waals surface area contributed by atoms with Crippen molar-refractivity contribution in [3.05, 3.63) is 58.9 Å². The molecular formula is C17H17ClN2O2. The summed E-state index contributed by atoms with van der Waals surface area (Å²) in [4.78, 5) is 18.5. The van der Waals surface area contributed by atoms with Gasteiger partial charge in [0.25, 0.3) is 5.91 Å². The van der Waals surface area contributed by atoms with Crippen LogP contribution in [0.1, 0.15) is 34.7 Å². The van der Waals surface area contributed by atoms with Crippen LogP contribution in [-0.2, 0) is 0 Å². The minimum atomic E-state index is -0.168. The van der Waals surface area contributed by atoms with Crippen LogP contribution in [0.15, 0.2) is 42.7 Å². The number of hydrogen-bond donors (Lipinski definition) is 1. The van der Waals surface area contributed by atoms with Crippen LogP contribution < -0.4 is 0 Å². The second kappa shape index (κ2) is 6.36. The van der Waals surface area contributed by atoms with E-state index in [-0.39, 0.29) is 17.2 Å². The second-order valence-electron chi connectivity index (χ2n) is 5.53. The Labute approximate surface area is 134 Å². The SMILES string of the molecule is O=C(c1cc(Cl)ccc1O)N1CCC[C@@H](c2ccncc2)C1.